The normalized spacial score (nSPS) is 17.5. The molecule has 5 nitrogen and oxygen atoms in total. The Kier molecular flexibility index (Phi) is 3.82. The van der Waals surface area contributed by atoms with E-state index in [2.05, 4.69) is 0 Å². The van der Waals surface area contributed by atoms with Crippen molar-refractivity contribution < 1.29 is 18.9 Å². The van der Waals surface area contributed by atoms with E-state index in [0.29, 0.717) is 16.3 Å². The third-order valence-electron chi connectivity index (χ3n) is 2.73. The standard InChI is InChI=1S/C13H15NO4S/c1-8(2)13(16)14-7-19(17)12-5-4-10(6-11(12)14)18-9(3)15/h4-6,8H,7H2,1-3H3. The third kappa shape index (κ3) is 2.74. The predicted molar refractivity (Wildman–Crippen MR) is 71.4 cm³/mol. The van der Waals surface area contributed by atoms with Gasteiger partial charge in [-0.3, -0.25) is 14.5 Å². The number of fused-ring (bicyclic) bond motifs is 1. The molecule has 102 valence electrons. The molecule has 1 amide bonds. The molecule has 1 aromatic rings. The number of esters is 1. The minimum Gasteiger partial charge on any atom is -0.610 e. The summed E-state index contributed by atoms with van der Waals surface area (Å²) >= 11 is -1.22. The summed E-state index contributed by atoms with van der Waals surface area (Å²) in [5.41, 5.74) is 0.566. The largest absolute Gasteiger partial charge is 0.610 e. The van der Waals surface area contributed by atoms with Crippen molar-refractivity contribution in [1.29, 1.82) is 0 Å². The molecule has 6 heteroatoms. The molecule has 0 fully saturated rings. The average Bonchev–Trinajstić information content (AvgIpc) is 2.64. The van der Waals surface area contributed by atoms with Gasteiger partial charge in [0.25, 0.3) is 0 Å². The van der Waals surface area contributed by atoms with Gasteiger partial charge in [-0.25, -0.2) is 0 Å². The van der Waals surface area contributed by atoms with Crippen LogP contribution in [0.1, 0.15) is 20.8 Å². The zero-order chi connectivity index (χ0) is 14.2. The van der Waals surface area contributed by atoms with Crippen LogP contribution >= 0.6 is 0 Å². The lowest BCUT2D eigenvalue weighted by molar-refractivity contribution is -0.131. The first-order chi connectivity index (χ1) is 8.90. The van der Waals surface area contributed by atoms with Crippen LogP contribution in [0, 0.1) is 5.92 Å². The molecule has 0 aliphatic carbocycles. The van der Waals surface area contributed by atoms with E-state index < -0.39 is 17.1 Å². The van der Waals surface area contributed by atoms with Gasteiger partial charge >= 0.3 is 5.97 Å². The van der Waals surface area contributed by atoms with Crippen molar-refractivity contribution in [3.63, 3.8) is 0 Å². The van der Waals surface area contributed by atoms with E-state index in [0.717, 1.165) is 0 Å². The fraction of sp³-hybridized carbons (Fsp3) is 0.385. The van der Waals surface area contributed by atoms with Crippen LogP contribution in [0.5, 0.6) is 5.75 Å². The molecule has 1 unspecified atom stereocenters. The number of anilines is 1. The Bertz CT molecular complexity index is 529. The van der Waals surface area contributed by atoms with Crippen molar-refractivity contribution in [2.45, 2.75) is 25.7 Å². The monoisotopic (exact) mass is 281 g/mol. The first kappa shape index (κ1) is 13.9. The van der Waals surface area contributed by atoms with Crippen LogP contribution in [-0.2, 0) is 20.8 Å². The number of amides is 1. The lowest BCUT2D eigenvalue weighted by atomic mass is 10.2. The summed E-state index contributed by atoms with van der Waals surface area (Å²) in [6, 6.07) is 4.81. The second kappa shape index (κ2) is 5.22. The van der Waals surface area contributed by atoms with Crippen molar-refractivity contribution in [3.8, 4) is 5.75 Å². The highest BCUT2D eigenvalue weighted by Gasteiger charge is 2.36. The molecule has 1 heterocycles. The van der Waals surface area contributed by atoms with Gasteiger partial charge in [-0.1, -0.05) is 13.8 Å². The second-order valence-electron chi connectivity index (χ2n) is 4.62. The van der Waals surface area contributed by atoms with Gasteiger partial charge in [-0.2, -0.15) is 0 Å². The van der Waals surface area contributed by atoms with E-state index in [1.54, 1.807) is 32.0 Å². The van der Waals surface area contributed by atoms with Crippen LogP contribution in [0.25, 0.3) is 0 Å². The number of nitrogens with zero attached hydrogens (tertiary/aromatic N) is 1. The van der Waals surface area contributed by atoms with Crippen molar-refractivity contribution in [1.82, 2.24) is 0 Å². The van der Waals surface area contributed by atoms with Gasteiger partial charge in [0, 0.05) is 30.1 Å². The molecular formula is C13H15NO4S. The molecule has 1 aliphatic rings. The quantitative estimate of drug-likeness (QED) is 0.470. The van der Waals surface area contributed by atoms with E-state index >= 15 is 0 Å². The molecule has 0 bridgehead atoms. The Morgan fingerprint density at radius 1 is 1.42 bits per heavy atom. The number of ether oxygens (including phenoxy) is 1. The highest BCUT2D eigenvalue weighted by molar-refractivity contribution is 7.92. The van der Waals surface area contributed by atoms with Gasteiger partial charge in [0.2, 0.25) is 5.91 Å². The molecular weight excluding hydrogens is 266 g/mol. The molecule has 1 aromatic carbocycles. The summed E-state index contributed by atoms with van der Waals surface area (Å²) in [5, 5.41) is 0. The van der Waals surface area contributed by atoms with Gasteiger partial charge in [0.1, 0.15) is 11.4 Å². The molecule has 0 saturated heterocycles. The predicted octanol–water partition coefficient (Wildman–Crippen LogP) is 1.68. The van der Waals surface area contributed by atoms with Gasteiger partial charge in [0.05, 0.1) is 0 Å². The van der Waals surface area contributed by atoms with Crippen molar-refractivity contribution in [2.75, 3.05) is 10.8 Å². The number of carbonyl (C=O) groups excluding carboxylic acids is 2. The smallest absolute Gasteiger partial charge is 0.308 e. The van der Waals surface area contributed by atoms with E-state index in [1.807, 2.05) is 0 Å². The molecule has 2 rings (SSSR count). The van der Waals surface area contributed by atoms with Crippen LogP contribution in [0.2, 0.25) is 0 Å². The van der Waals surface area contributed by atoms with Crippen molar-refractivity contribution >= 4 is 28.7 Å². The first-order valence-electron chi connectivity index (χ1n) is 5.92. The zero-order valence-corrected chi connectivity index (χ0v) is 11.8. The van der Waals surface area contributed by atoms with Crippen LogP contribution in [-0.4, -0.2) is 22.3 Å². The van der Waals surface area contributed by atoms with E-state index in [1.165, 1.54) is 11.8 Å². The molecule has 1 aliphatic heterocycles. The molecule has 0 N–H and O–H groups in total. The lowest BCUT2D eigenvalue weighted by Gasteiger charge is -2.16. The average molecular weight is 281 g/mol. The first-order valence-corrected chi connectivity index (χ1v) is 7.24. The van der Waals surface area contributed by atoms with Gasteiger partial charge in [-0.15, -0.1) is 0 Å². The zero-order valence-electron chi connectivity index (χ0n) is 11.0. The fourth-order valence-electron chi connectivity index (χ4n) is 1.88. The third-order valence-corrected chi connectivity index (χ3v) is 4.06. The highest BCUT2D eigenvalue weighted by atomic mass is 32.2. The van der Waals surface area contributed by atoms with Crippen LogP contribution in [0.4, 0.5) is 5.69 Å². The number of hydrogen-bond donors (Lipinski definition) is 0. The minimum absolute atomic E-state index is 0.0907. The molecule has 1 atom stereocenters. The number of hydrogen-bond acceptors (Lipinski definition) is 4. The molecule has 0 radical (unpaired) electrons. The number of benzene rings is 1. The Labute approximate surface area is 114 Å². The molecule has 19 heavy (non-hydrogen) atoms. The van der Waals surface area contributed by atoms with E-state index in [9.17, 15) is 14.1 Å². The van der Waals surface area contributed by atoms with Crippen LogP contribution in [0.15, 0.2) is 23.1 Å². The summed E-state index contributed by atoms with van der Waals surface area (Å²) in [4.78, 5) is 25.1. The maximum Gasteiger partial charge on any atom is 0.308 e. The molecule has 0 aromatic heterocycles. The minimum atomic E-state index is -1.22. The second-order valence-corrected chi connectivity index (χ2v) is 6.01. The Morgan fingerprint density at radius 2 is 2.11 bits per heavy atom. The van der Waals surface area contributed by atoms with Crippen LogP contribution in [0.3, 0.4) is 0 Å². The Morgan fingerprint density at radius 3 is 2.68 bits per heavy atom. The summed E-state index contributed by atoms with van der Waals surface area (Å²) in [5.74, 6) is -0.185. The molecule has 0 saturated carbocycles. The summed E-state index contributed by atoms with van der Waals surface area (Å²) in [7, 11) is 0. The number of rotatable bonds is 2. The summed E-state index contributed by atoms with van der Waals surface area (Å²) < 4.78 is 16.9. The Balaban J connectivity index is 2.37. The summed E-state index contributed by atoms with van der Waals surface area (Å²) in [6.45, 7) is 4.89. The van der Waals surface area contributed by atoms with Gasteiger partial charge < -0.3 is 9.29 Å². The number of carbonyl (C=O) groups is 2. The Hall–Kier alpha value is -1.53. The summed E-state index contributed by atoms with van der Waals surface area (Å²) in [6.07, 6.45) is 0. The van der Waals surface area contributed by atoms with Gasteiger partial charge in [-0.05, 0) is 12.1 Å². The van der Waals surface area contributed by atoms with Crippen molar-refractivity contribution in [3.05, 3.63) is 18.2 Å². The maximum atomic E-state index is 12.1. The SMILES string of the molecule is CC(=O)Oc1ccc2c(c1)N(C(=O)C(C)C)C[S+]2[O-]. The lowest BCUT2D eigenvalue weighted by Crippen LogP contribution is -2.33. The highest BCUT2D eigenvalue weighted by Crippen LogP contribution is 2.37. The molecule has 0 spiro atoms. The van der Waals surface area contributed by atoms with E-state index in [4.69, 9.17) is 4.74 Å². The van der Waals surface area contributed by atoms with Crippen molar-refractivity contribution in [2.24, 2.45) is 5.92 Å². The fourth-order valence-corrected chi connectivity index (χ4v) is 3.14. The van der Waals surface area contributed by atoms with Gasteiger partial charge in [0.15, 0.2) is 10.8 Å². The van der Waals surface area contributed by atoms with Crippen LogP contribution < -0.4 is 9.64 Å². The topological polar surface area (TPSA) is 69.7 Å². The van der Waals surface area contributed by atoms with E-state index in [-0.39, 0.29) is 17.7 Å². The maximum absolute atomic E-state index is 12.1.